The highest BCUT2D eigenvalue weighted by Gasteiger charge is 2.20. The summed E-state index contributed by atoms with van der Waals surface area (Å²) in [7, 11) is 1.26. The molecule has 0 fully saturated rings. The number of carbonyl (C=O) groups is 2. The molecule has 0 aliphatic carbocycles. The van der Waals surface area contributed by atoms with Gasteiger partial charge < -0.3 is 15.2 Å². The Balaban J connectivity index is 2.64. The quantitative estimate of drug-likeness (QED) is 0.579. The molecular formula is C13H16FNO4. The molecule has 0 saturated heterocycles. The van der Waals surface area contributed by atoms with Crippen molar-refractivity contribution in [1.29, 1.82) is 0 Å². The Morgan fingerprint density at radius 1 is 1.37 bits per heavy atom. The van der Waals surface area contributed by atoms with Crippen molar-refractivity contribution in [3.8, 4) is 0 Å². The fourth-order valence-corrected chi connectivity index (χ4v) is 1.60. The van der Waals surface area contributed by atoms with Gasteiger partial charge in [0.1, 0.15) is 11.9 Å². The Bertz CT molecular complexity index is 433. The number of rotatable bonds is 7. The van der Waals surface area contributed by atoms with Gasteiger partial charge in [0.2, 0.25) is 0 Å². The number of ether oxygens (including phenoxy) is 1. The molecule has 0 bridgehead atoms. The summed E-state index contributed by atoms with van der Waals surface area (Å²) in [4.78, 5) is 22.0. The van der Waals surface area contributed by atoms with E-state index in [1.165, 1.54) is 31.4 Å². The van der Waals surface area contributed by atoms with Crippen molar-refractivity contribution in [2.75, 3.05) is 13.7 Å². The van der Waals surface area contributed by atoms with E-state index < -0.39 is 23.8 Å². The molecule has 0 heterocycles. The average molecular weight is 269 g/mol. The van der Waals surface area contributed by atoms with Crippen LogP contribution in [0.3, 0.4) is 0 Å². The number of carbonyl (C=O) groups excluding carboxylic acids is 1. The standard InChI is InChI=1S/C13H16FNO4/c1-19-13(18)12(15-8-2-3-11(16)17)9-4-6-10(14)7-5-9/h4-7,12,15H,2-3,8H2,1H3,(H,16,17). The maximum atomic E-state index is 12.8. The topological polar surface area (TPSA) is 75.6 Å². The molecule has 6 heteroatoms. The average Bonchev–Trinajstić information content (AvgIpc) is 2.39. The molecule has 5 nitrogen and oxygen atoms in total. The van der Waals surface area contributed by atoms with Gasteiger partial charge in [0.15, 0.2) is 0 Å². The Labute approximate surface area is 110 Å². The molecule has 0 aliphatic rings. The zero-order valence-corrected chi connectivity index (χ0v) is 10.6. The van der Waals surface area contributed by atoms with E-state index in [4.69, 9.17) is 5.11 Å². The Morgan fingerprint density at radius 3 is 2.53 bits per heavy atom. The normalized spacial score (nSPS) is 11.9. The molecule has 1 aromatic rings. The van der Waals surface area contributed by atoms with Gasteiger partial charge in [0.05, 0.1) is 7.11 Å². The highest BCUT2D eigenvalue weighted by atomic mass is 19.1. The lowest BCUT2D eigenvalue weighted by Crippen LogP contribution is -2.30. The van der Waals surface area contributed by atoms with E-state index in [1.807, 2.05) is 0 Å². The first-order valence-electron chi connectivity index (χ1n) is 5.83. The Kier molecular flexibility index (Phi) is 5.95. The number of halogens is 1. The van der Waals surface area contributed by atoms with E-state index in [1.54, 1.807) is 0 Å². The fourth-order valence-electron chi connectivity index (χ4n) is 1.60. The summed E-state index contributed by atoms with van der Waals surface area (Å²) >= 11 is 0. The monoisotopic (exact) mass is 269 g/mol. The molecule has 1 rings (SSSR count). The molecule has 0 saturated carbocycles. The number of hydrogen-bond donors (Lipinski definition) is 2. The van der Waals surface area contributed by atoms with Gasteiger partial charge in [-0.1, -0.05) is 12.1 Å². The van der Waals surface area contributed by atoms with E-state index in [-0.39, 0.29) is 6.42 Å². The van der Waals surface area contributed by atoms with Crippen molar-refractivity contribution in [1.82, 2.24) is 5.32 Å². The van der Waals surface area contributed by atoms with Crippen molar-refractivity contribution in [3.05, 3.63) is 35.6 Å². The van der Waals surface area contributed by atoms with Crippen molar-refractivity contribution >= 4 is 11.9 Å². The van der Waals surface area contributed by atoms with Crippen LogP contribution < -0.4 is 5.32 Å². The first-order chi connectivity index (χ1) is 9.04. The van der Waals surface area contributed by atoms with Crippen LogP contribution in [-0.4, -0.2) is 30.7 Å². The predicted molar refractivity (Wildman–Crippen MR) is 66.0 cm³/mol. The smallest absolute Gasteiger partial charge is 0.327 e. The molecule has 1 atom stereocenters. The van der Waals surface area contributed by atoms with Gasteiger partial charge in [-0.25, -0.2) is 9.18 Å². The maximum absolute atomic E-state index is 12.8. The number of aliphatic carboxylic acids is 1. The van der Waals surface area contributed by atoms with E-state index in [0.717, 1.165) is 0 Å². The third-order valence-corrected chi connectivity index (χ3v) is 2.56. The third-order valence-electron chi connectivity index (χ3n) is 2.56. The van der Waals surface area contributed by atoms with Gasteiger partial charge in [-0.3, -0.25) is 4.79 Å². The molecule has 0 amide bonds. The first kappa shape index (κ1) is 15.1. The molecule has 1 aromatic carbocycles. The molecule has 19 heavy (non-hydrogen) atoms. The van der Waals surface area contributed by atoms with Crippen LogP contribution in [0.2, 0.25) is 0 Å². The largest absolute Gasteiger partial charge is 0.481 e. The van der Waals surface area contributed by atoms with Gasteiger partial charge in [-0.2, -0.15) is 0 Å². The van der Waals surface area contributed by atoms with Crippen LogP contribution >= 0.6 is 0 Å². The zero-order chi connectivity index (χ0) is 14.3. The lowest BCUT2D eigenvalue weighted by Gasteiger charge is -2.16. The van der Waals surface area contributed by atoms with E-state index in [0.29, 0.717) is 18.5 Å². The SMILES string of the molecule is COC(=O)C(NCCCC(=O)O)c1ccc(F)cc1. The van der Waals surface area contributed by atoms with Crippen molar-refractivity contribution < 1.29 is 23.8 Å². The molecule has 2 N–H and O–H groups in total. The predicted octanol–water partition coefficient (Wildman–Crippen LogP) is 1.49. The minimum Gasteiger partial charge on any atom is -0.481 e. The van der Waals surface area contributed by atoms with Crippen molar-refractivity contribution in [2.24, 2.45) is 0 Å². The lowest BCUT2D eigenvalue weighted by molar-refractivity contribution is -0.143. The van der Waals surface area contributed by atoms with Crippen molar-refractivity contribution in [3.63, 3.8) is 0 Å². The number of esters is 1. The van der Waals surface area contributed by atoms with Gasteiger partial charge >= 0.3 is 11.9 Å². The lowest BCUT2D eigenvalue weighted by atomic mass is 10.1. The van der Waals surface area contributed by atoms with E-state index >= 15 is 0 Å². The van der Waals surface area contributed by atoms with Crippen LogP contribution in [0, 0.1) is 5.82 Å². The van der Waals surface area contributed by atoms with E-state index in [2.05, 4.69) is 10.1 Å². The molecule has 0 radical (unpaired) electrons. The summed E-state index contributed by atoms with van der Waals surface area (Å²) in [6, 6.07) is 4.76. The molecule has 0 aromatic heterocycles. The summed E-state index contributed by atoms with van der Waals surface area (Å²) in [5.41, 5.74) is 0.573. The summed E-state index contributed by atoms with van der Waals surface area (Å²) in [6.07, 6.45) is 0.411. The second-order valence-corrected chi connectivity index (χ2v) is 3.96. The number of benzene rings is 1. The number of carboxylic acid groups (broad SMARTS) is 1. The second kappa shape index (κ2) is 7.48. The number of carboxylic acids is 1. The highest BCUT2D eigenvalue weighted by Crippen LogP contribution is 2.15. The minimum atomic E-state index is -0.891. The molecule has 1 unspecified atom stereocenters. The molecule has 0 spiro atoms. The van der Waals surface area contributed by atoms with Crippen molar-refractivity contribution in [2.45, 2.75) is 18.9 Å². The van der Waals surface area contributed by atoms with Gasteiger partial charge in [-0.15, -0.1) is 0 Å². The molecular weight excluding hydrogens is 253 g/mol. The number of nitrogens with one attached hydrogen (secondary N) is 1. The zero-order valence-electron chi connectivity index (χ0n) is 10.6. The molecule has 0 aliphatic heterocycles. The number of methoxy groups -OCH3 is 1. The van der Waals surface area contributed by atoms with Gasteiger partial charge in [0.25, 0.3) is 0 Å². The van der Waals surface area contributed by atoms with Gasteiger partial charge in [-0.05, 0) is 30.7 Å². The van der Waals surface area contributed by atoms with E-state index in [9.17, 15) is 14.0 Å². The number of hydrogen-bond acceptors (Lipinski definition) is 4. The maximum Gasteiger partial charge on any atom is 0.327 e. The van der Waals surface area contributed by atoms with Crippen LogP contribution in [0.1, 0.15) is 24.4 Å². The summed E-state index contributed by atoms with van der Waals surface area (Å²) in [5.74, 6) is -1.78. The summed E-state index contributed by atoms with van der Waals surface area (Å²) < 4.78 is 17.5. The highest BCUT2D eigenvalue weighted by molar-refractivity contribution is 5.77. The minimum absolute atomic E-state index is 0.0182. The second-order valence-electron chi connectivity index (χ2n) is 3.96. The Morgan fingerprint density at radius 2 is 2.00 bits per heavy atom. The van der Waals surface area contributed by atoms with Crippen LogP contribution in [-0.2, 0) is 14.3 Å². The fraction of sp³-hybridized carbons (Fsp3) is 0.385. The summed E-state index contributed by atoms with van der Waals surface area (Å²) in [5, 5.41) is 11.4. The first-order valence-corrected chi connectivity index (χ1v) is 5.83. The van der Waals surface area contributed by atoms with Crippen LogP contribution in [0.25, 0.3) is 0 Å². The molecule has 104 valence electrons. The third kappa shape index (κ3) is 5.05. The van der Waals surface area contributed by atoms with Crippen LogP contribution in [0.4, 0.5) is 4.39 Å². The van der Waals surface area contributed by atoms with Gasteiger partial charge in [0, 0.05) is 6.42 Å². The van der Waals surface area contributed by atoms with Crippen LogP contribution in [0.15, 0.2) is 24.3 Å². The van der Waals surface area contributed by atoms with Crippen LogP contribution in [0.5, 0.6) is 0 Å². The summed E-state index contributed by atoms with van der Waals surface area (Å²) in [6.45, 7) is 0.351. The Hall–Kier alpha value is -1.95.